The highest BCUT2D eigenvalue weighted by molar-refractivity contribution is 8.00. The van der Waals surface area contributed by atoms with Gasteiger partial charge in [-0.25, -0.2) is 0 Å². The van der Waals surface area contributed by atoms with E-state index in [-0.39, 0.29) is 11.9 Å². The van der Waals surface area contributed by atoms with Crippen LogP contribution in [-0.4, -0.2) is 30.0 Å². The molecule has 1 aliphatic heterocycles. The van der Waals surface area contributed by atoms with Crippen LogP contribution in [0, 0.1) is 0 Å². The largest absolute Gasteiger partial charge is 0.349 e. The van der Waals surface area contributed by atoms with Crippen LogP contribution in [0.2, 0.25) is 5.02 Å². The Kier molecular flexibility index (Phi) is 6.20. The molecule has 0 spiro atoms. The lowest BCUT2D eigenvalue weighted by Gasteiger charge is -2.22. The summed E-state index contributed by atoms with van der Waals surface area (Å²) in [6.07, 6.45) is 2.31. The first-order valence-electron chi connectivity index (χ1n) is 7.02. The van der Waals surface area contributed by atoms with E-state index in [2.05, 4.69) is 10.6 Å². The average molecular weight is 313 g/mol. The maximum Gasteiger partial charge on any atom is 0.230 e. The number of benzene rings is 1. The number of hydrogen-bond acceptors (Lipinski definition) is 3. The summed E-state index contributed by atoms with van der Waals surface area (Å²) in [7, 11) is 0. The molecule has 0 radical (unpaired) electrons. The van der Waals surface area contributed by atoms with Gasteiger partial charge in [0, 0.05) is 10.3 Å². The molecule has 2 rings (SSSR count). The molecule has 2 N–H and O–H groups in total. The predicted molar refractivity (Wildman–Crippen MR) is 86.4 cm³/mol. The summed E-state index contributed by atoms with van der Waals surface area (Å²) in [5.41, 5.74) is 1.08. The number of carbonyl (C=O) groups is 1. The smallest absolute Gasteiger partial charge is 0.230 e. The molecule has 1 saturated heterocycles. The lowest BCUT2D eigenvalue weighted by atomic mass is 10.1. The van der Waals surface area contributed by atoms with Crippen LogP contribution in [0.5, 0.6) is 0 Å². The first-order chi connectivity index (χ1) is 9.65. The summed E-state index contributed by atoms with van der Waals surface area (Å²) in [5, 5.41) is 7.71. The number of thioether (sulfide) groups is 1. The quantitative estimate of drug-likeness (QED) is 0.878. The van der Waals surface area contributed by atoms with E-state index in [1.807, 2.05) is 31.2 Å². The van der Waals surface area contributed by atoms with Gasteiger partial charge >= 0.3 is 0 Å². The molecular weight excluding hydrogens is 292 g/mol. The second kappa shape index (κ2) is 7.91. The van der Waals surface area contributed by atoms with E-state index < -0.39 is 0 Å². The zero-order valence-electron chi connectivity index (χ0n) is 11.7. The molecule has 20 heavy (non-hydrogen) atoms. The van der Waals surface area contributed by atoms with Gasteiger partial charge in [0.1, 0.15) is 0 Å². The van der Waals surface area contributed by atoms with Crippen LogP contribution >= 0.6 is 23.4 Å². The summed E-state index contributed by atoms with van der Waals surface area (Å²) >= 11 is 7.63. The monoisotopic (exact) mass is 312 g/mol. The normalized spacial score (nSPS) is 17.7. The molecule has 1 fully saturated rings. The summed E-state index contributed by atoms with van der Waals surface area (Å²) in [5.74, 6) is 0.652. The predicted octanol–water partition coefficient (Wildman–Crippen LogP) is 3.00. The second-order valence-electron chi connectivity index (χ2n) is 5.10. The van der Waals surface area contributed by atoms with Crippen LogP contribution in [0.15, 0.2) is 24.3 Å². The molecule has 1 atom stereocenters. The summed E-state index contributed by atoms with van der Waals surface area (Å²) in [6.45, 7) is 4.14. The van der Waals surface area contributed by atoms with Gasteiger partial charge in [0.15, 0.2) is 0 Å². The number of rotatable bonds is 5. The highest BCUT2D eigenvalue weighted by atomic mass is 35.5. The molecule has 0 aromatic heterocycles. The van der Waals surface area contributed by atoms with E-state index in [1.165, 1.54) is 0 Å². The van der Waals surface area contributed by atoms with Crippen molar-refractivity contribution in [2.45, 2.75) is 31.1 Å². The van der Waals surface area contributed by atoms with Crippen molar-refractivity contribution in [2.24, 2.45) is 0 Å². The standard InChI is InChI=1S/C15H21ClN2OS/c1-11(12-2-4-13(16)5-3-12)18-15(19)10-20-14-6-8-17-9-7-14/h2-5,11,14,17H,6-10H2,1H3,(H,18,19)/t11-/m1/s1. The molecule has 1 aromatic rings. The summed E-state index contributed by atoms with van der Waals surface area (Å²) in [4.78, 5) is 12.0. The molecule has 0 unspecified atom stereocenters. The van der Waals surface area contributed by atoms with Gasteiger partial charge in [-0.15, -0.1) is 11.8 Å². The molecule has 0 bridgehead atoms. The van der Waals surface area contributed by atoms with Crippen LogP contribution < -0.4 is 10.6 Å². The van der Waals surface area contributed by atoms with E-state index in [9.17, 15) is 4.79 Å². The topological polar surface area (TPSA) is 41.1 Å². The number of amides is 1. The fourth-order valence-electron chi connectivity index (χ4n) is 2.27. The first kappa shape index (κ1) is 15.7. The number of halogens is 1. The van der Waals surface area contributed by atoms with Gasteiger partial charge in [-0.05, 0) is 50.6 Å². The van der Waals surface area contributed by atoms with E-state index in [4.69, 9.17) is 11.6 Å². The third-order valence-electron chi connectivity index (χ3n) is 3.48. The van der Waals surface area contributed by atoms with E-state index in [0.717, 1.165) is 31.5 Å². The molecular formula is C15H21ClN2OS. The van der Waals surface area contributed by atoms with Crippen molar-refractivity contribution in [3.05, 3.63) is 34.9 Å². The average Bonchev–Trinajstić information content (AvgIpc) is 2.47. The Balaban J connectivity index is 1.74. The number of piperidine rings is 1. The molecule has 1 aliphatic rings. The zero-order chi connectivity index (χ0) is 14.4. The van der Waals surface area contributed by atoms with Gasteiger partial charge < -0.3 is 10.6 Å². The zero-order valence-corrected chi connectivity index (χ0v) is 13.3. The van der Waals surface area contributed by atoms with Crippen molar-refractivity contribution < 1.29 is 4.79 Å². The van der Waals surface area contributed by atoms with E-state index >= 15 is 0 Å². The third-order valence-corrected chi connectivity index (χ3v) is 5.11. The Labute approximate surface area is 129 Å². The Morgan fingerprint density at radius 2 is 2.05 bits per heavy atom. The minimum Gasteiger partial charge on any atom is -0.349 e. The number of carbonyl (C=O) groups excluding carboxylic acids is 1. The fourth-order valence-corrected chi connectivity index (χ4v) is 3.44. The molecule has 1 aromatic carbocycles. The minimum absolute atomic E-state index is 0.0217. The first-order valence-corrected chi connectivity index (χ1v) is 8.45. The van der Waals surface area contributed by atoms with Gasteiger partial charge in [-0.2, -0.15) is 0 Å². The van der Waals surface area contributed by atoms with Crippen molar-refractivity contribution in [1.29, 1.82) is 0 Å². The van der Waals surface area contributed by atoms with Gasteiger partial charge in [0.05, 0.1) is 11.8 Å². The maximum atomic E-state index is 12.0. The Morgan fingerprint density at radius 3 is 2.70 bits per heavy atom. The van der Waals surface area contributed by atoms with Gasteiger partial charge in [-0.1, -0.05) is 23.7 Å². The molecule has 0 aliphatic carbocycles. The third kappa shape index (κ3) is 5.00. The lowest BCUT2D eigenvalue weighted by Crippen LogP contribution is -2.32. The summed E-state index contributed by atoms with van der Waals surface area (Å²) < 4.78 is 0. The van der Waals surface area contributed by atoms with E-state index in [0.29, 0.717) is 16.0 Å². The minimum atomic E-state index is 0.0217. The maximum absolute atomic E-state index is 12.0. The second-order valence-corrected chi connectivity index (χ2v) is 6.83. The van der Waals surface area contributed by atoms with Crippen molar-refractivity contribution >= 4 is 29.3 Å². The van der Waals surface area contributed by atoms with Crippen molar-refractivity contribution in [1.82, 2.24) is 10.6 Å². The SMILES string of the molecule is C[C@@H](NC(=O)CSC1CCNCC1)c1ccc(Cl)cc1. The van der Waals surface area contributed by atoms with Crippen molar-refractivity contribution in [3.8, 4) is 0 Å². The molecule has 1 amide bonds. The molecule has 0 saturated carbocycles. The fraction of sp³-hybridized carbons (Fsp3) is 0.533. The van der Waals surface area contributed by atoms with Gasteiger partial charge in [0.25, 0.3) is 0 Å². The lowest BCUT2D eigenvalue weighted by molar-refractivity contribution is -0.119. The molecule has 110 valence electrons. The molecule has 3 nitrogen and oxygen atoms in total. The summed E-state index contributed by atoms with van der Waals surface area (Å²) in [6, 6.07) is 7.63. The highest BCUT2D eigenvalue weighted by Crippen LogP contribution is 2.20. The molecule has 1 heterocycles. The number of hydrogen-bond donors (Lipinski definition) is 2. The van der Waals surface area contributed by atoms with E-state index in [1.54, 1.807) is 11.8 Å². The van der Waals surface area contributed by atoms with Crippen LogP contribution in [0.3, 0.4) is 0 Å². The Bertz CT molecular complexity index is 432. The van der Waals surface area contributed by atoms with Crippen LogP contribution in [0.4, 0.5) is 0 Å². The number of nitrogens with one attached hydrogen (secondary N) is 2. The molecule has 5 heteroatoms. The highest BCUT2D eigenvalue weighted by Gasteiger charge is 2.16. The van der Waals surface area contributed by atoms with Gasteiger partial charge in [0.2, 0.25) is 5.91 Å². The Hall–Kier alpha value is -0.710. The van der Waals surface area contributed by atoms with Crippen LogP contribution in [0.25, 0.3) is 0 Å². The van der Waals surface area contributed by atoms with Crippen molar-refractivity contribution in [3.63, 3.8) is 0 Å². The van der Waals surface area contributed by atoms with Crippen LogP contribution in [0.1, 0.15) is 31.4 Å². The Morgan fingerprint density at radius 1 is 1.40 bits per heavy atom. The van der Waals surface area contributed by atoms with Crippen molar-refractivity contribution in [2.75, 3.05) is 18.8 Å². The van der Waals surface area contributed by atoms with Gasteiger partial charge in [-0.3, -0.25) is 4.79 Å². The van der Waals surface area contributed by atoms with Crippen LogP contribution in [-0.2, 0) is 4.79 Å².